The number of pyridine rings is 1. The van der Waals surface area contributed by atoms with Crippen LogP contribution in [0, 0.1) is 0 Å². The Morgan fingerprint density at radius 3 is 2.54 bits per heavy atom. The van der Waals surface area contributed by atoms with Crippen molar-refractivity contribution in [2.24, 2.45) is 7.05 Å². The molecule has 0 N–H and O–H groups in total. The average molecular weight is 395 g/mol. The molecule has 0 radical (unpaired) electrons. The van der Waals surface area contributed by atoms with Crippen molar-refractivity contribution < 1.29 is 4.74 Å². The van der Waals surface area contributed by atoms with Crippen LogP contribution in [0.5, 0.6) is 5.75 Å². The number of nitrogens with zero attached hydrogens (tertiary/aromatic N) is 4. The molecule has 0 fully saturated rings. The van der Waals surface area contributed by atoms with E-state index in [2.05, 4.69) is 39.2 Å². The molecule has 2 aromatic heterocycles. The molecule has 0 unspecified atom stereocenters. The lowest BCUT2D eigenvalue weighted by atomic mass is 10.0. The van der Waals surface area contributed by atoms with Gasteiger partial charge < -0.3 is 9.64 Å². The molecule has 0 saturated heterocycles. The smallest absolute Gasteiger partial charge is 0.119 e. The van der Waals surface area contributed by atoms with Gasteiger partial charge in [-0.25, -0.2) is 4.98 Å². The summed E-state index contributed by atoms with van der Waals surface area (Å²) in [6.07, 6.45) is 2.57. The first-order valence-corrected chi connectivity index (χ1v) is 9.65. The van der Waals surface area contributed by atoms with E-state index in [4.69, 9.17) is 16.3 Å². The molecule has 4 rings (SSSR count). The molecule has 0 bridgehead atoms. The van der Waals surface area contributed by atoms with Crippen LogP contribution >= 0.6 is 11.6 Å². The van der Waals surface area contributed by atoms with Crippen molar-refractivity contribution in [1.82, 2.24) is 19.7 Å². The van der Waals surface area contributed by atoms with Crippen LogP contribution in [0.2, 0.25) is 5.02 Å². The lowest BCUT2D eigenvalue weighted by Crippen LogP contribution is -2.19. The highest BCUT2D eigenvalue weighted by atomic mass is 35.5. The third kappa shape index (κ3) is 3.81. The molecule has 6 heteroatoms. The zero-order valence-corrected chi connectivity index (χ0v) is 17.1. The Morgan fingerprint density at radius 2 is 1.79 bits per heavy atom. The normalized spacial score (nSPS) is 11.6. The minimum absolute atomic E-state index is 0.686. The van der Waals surface area contributed by atoms with E-state index in [1.807, 2.05) is 39.3 Å². The Hall–Kier alpha value is -2.63. The Kier molecular flexibility index (Phi) is 5.20. The standard InChI is InChI=1S/C22H23ClN4O/c1-26(2)10-11-28-17-7-4-15(5-8-17)12-16-6-9-19-18(13-16)21(23)22-20(25-19)14-24-27(22)3/h4-9,13-14H,10-12H2,1-3H3. The van der Waals surface area contributed by atoms with Gasteiger partial charge in [0.25, 0.3) is 0 Å². The largest absolute Gasteiger partial charge is 0.492 e. The van der Waals surface area contributed by atoms with Gasteiger partial charge >= 0.3 is 0 Å². The maximum Gasteiger partial charge on any atom is 0.119 e. The maximum absolute atomic E-state index is 6.67. The number of benzene rings is 2. The molecule has 144 valence electrons. The van der Waals surface area contributed by atoms with Crippen LogP contribution in [0.1, 0.15) is 11.1 Å². The van der Waals surface area contributed by atoms with Crippen molar-refractivity contribution in [2.75, 3.05) is 27.2 Å². The molecule has 2 aromatic carbocycles. The molecule has 0 amide bonds. The van der Waals surface area contributed by atoms with Gasteiger partial charge in [-0.1, -0.05) is 29.8 Å². The van der Waals surface area contributed by atoms with Gasteiger partial charge in [0, 0.05) is 19.0 Å². The number of hydrogen-bond donors (Lipinski definition) is 0. The fourth-order valence-corrected chi connectivity index (χ4v) is 3.64. The van der Waals surface area contributed by atoms with Gasteiger partial charge in [-0.15, -0.1) is 0 Å². The van der Waals surface area contributed by atoms with Crippen molar-refractivity contribution >= 4 is 33.5 Å². The molecule has 0 saturated carbocycles. The Morgan fingerprint density at radius 1 is 1.04 bits per heavy atom. The van der Waals surface area contributed by atoms with Gasteiger partial charge in [-0.3, -0.25) is 4.68 Å². The molecule has 0 spiro atoms. The Balaban J connectivity index is 1.55. The summed E-state index contributed by atoms with van der Waals surface area (Å²) in [5, 5.41) is 5.92. The van der Waals surface area contributed by atoms with Gasteiger partial charge in [0.2, 0.25) is 0 Å². The summed E-state index contributed by atoms with van der Waals surface area (Å²) in [7, 11) is 5.96. The van der Waals surface area contributed by atoms with Crippen LogP contribution in [-0.2, 0) is 13.5 Å². The van der Waals surface area contributed by atoms with Gasteiger partial charge in [0.1, 0.15) is 23.4 Å². The van der Waals surface area contributed by atoms with Crippen molar-refractivity contribution in [3.8, 4) is 5.75 Å². The summed E-state index contributed by atoms with van der Waals surface area (Å²) in [5.41, 5.74) is 4.99. The minimum atomic E-state index is 0.686. The summed E-state index contributed by atoms with van der Waals surface area (Å²) in [4.78, 5) is 6.78. The van der Waals surface area contributed by atoms with Gasteiger partial charge in [0.05, 0.1) is 16.7 Å². The molecule has 0 aliphatic rings. The number of aryl methyl sites for hydroxylation is 1. The molecule has 0 atom stereocenters. The second kappa shape index (κ2) is 7.78. The lowest BCUT2D eigenvalue weighted by Gasteiger charge is -2.11. The lowest BCUT2D eigenvalue weighted by molar-refractivity contribution is 0.261. The van der Waals surface area contributed by atoms with E-state index < -0.39 is 0 Å². The van der Waals surface area contributed by atoms with Crippen LogP contribution in [0.4, 0.5) is 0 Å². The first-order chi connectivity index (χ1) is 13.5. The average Bonchev–Trinajstić information content (AvgIpc) is 3.04. The highest BCUT2D eigenvalue weighted by Gasteiger charge is 2.12. The van der Waals surface area contributed by atoms with Crippen LogP contribution < -0.4 is 4.74 Å². The van der Waals surface area contributed by atoms with E-state index in [1.165, 1.54) is 11.1 Å². The van der Waals surface area contributed by atoms with Crippen LogP contribution in [0.3, 0.4) is 0 Å². The van der Waals surface area contributed by atoms with Gasteiger partial charge in [-0.05, 0) is 55.9 Å². The SMILES string of the molecule is CN(C)CCOc1ccc(Cc2ccc3nc4cnn(C)c4c(Cl)c3c2)cc1. The predicted octanol–water partition coefficient (Wildman–Crippen LogP) is 4.31. The number of hydrogen-bond acceptors (Lipinski definition) is 4. The fourth-order valence-electron chi connectivity index (χ4n) is 3.27. The number of likely N-dealkylation sites (N-methyl/N-ethyl adjacent to an activating group) is 1. The third-order valence-electron chi connectivity index (χ3n) is 4.80. The first-order valence-electron chi connectivity index (χ1n) is 9.27. The summed E-state index contributed by atoms with van der Waals surface area (Å²) < 4.78 is 7.53. The summed E-state index contributed by atoms with van der Waals surface area (Å²) in [6.45, 7) is 1.59. The van der Waals surface area contributed by atoms with E-state index in [-0.39, 0.29) is 0 Å². The van der Waals surface area contributed by atoms with Gasteiger partial charge in [0.15, 0.2) is 0 Å². The summed E-state index contributed by atoms with van der Waals surface area (Å²) >= 11 is 6.67. The number of fused-ring (bicyclic) bond motifs is 2. The monoisotopic (exact) mass is 394 g/mol. The van der Waals surface area contributed by atoms with E-state index in [9.17, 15) is 0 Å². The van der Waals surface area contributed by atoms with Crippen molar-refractivity contribution in [3.05, 3.63) is 64.8 Å². The van der Waals surface area contributed by atoms with Crippen LogP contribution in [0.25, 0.3) is 21.9 Å². The molecule has 5 nitrogen and oxygen atoms in total. The van der Waals surface area contributed by atoms with Crippen molar-refractivity contribution in [2.45, 2.75) is 6.42 Å². The number of halogens is 1. The minimum Gasteiger partial charge on any atom is -0.492 e. The van der Waals surface area contributed by atoms with Crippen molar-refractivity contribution in [3.63, 3.8) is 0 Å². The number of aromatic nitrogens is 3. The van der Waals surface area contributed by atoms with E-state index in [0.717, 1.165) is 40.7 Å². The first kappa shape index (κ1) is 18.7. The molecule has 2 heterocycles. The zero-order chi connectivity index (χ0) is 19.7. The number of rotatable bonds is 6. The van der Waals surface area contributed by atoms with Crippen LogP contribution in [0.15, 0.2) is 48.7 Å². The Bertz CT molecular complexity index is 1120. The maximum atomic E-state index is 6.67. The van der Waals surface area contributed by atoms with Crippen molar-refractivity contribution in [1.29, 1.82) is 0 Å². The molecule has 4 aromatic rings. The molecule has 0 aliphatic heterocycles. The fraction of sp³-hybridized carbons (Fsp3) is 0.273. The summed E-state index contributed by atoms with van der Waals surface area (Å²) in [6, 6.07) is 14.5. The highest BCUT2D eigenvalue weighted by Crippen LogP contribution is 2.31. The number of ether oxygens (including phenoxy) is 1. The quantitative estimate of drug-likeness (QED) is 0.489. The predicted molar refractivity (Wildman–Crippen MR) is 114 cm³/mol. The van der Waals surface area contributed by atoms with Gasteiger partial charge in [-0.2, -0.15) is 5.10 Å². The zero-order valence-electron chi connectivity index (χ0n) is 16.3. The second-order valence-electron chi connectivity index (χ2n) is 7.25. The van der Waals surface area contributed by atoms with E-state index in [1.54, 1.807) is 10.9 Å². The Labute approximate surface area is 169 Å². The molecule has 28 heavy (non-hydrogen) atoms. The third-order valence-corrected chi connectivity index (χ3v) is 5.19. The highest BCUT2D eigenvalue weighted by molar-refractivity contribution is 6.39. The molecular formula is C22H23ClN4O. The topological polar surface area (TPSA) is 43.2 Å². The van der Waals surface area contributed by atoms with Crippen LogP contribution in [-0.4, -0.2) is 46.9 Å². The second-order valence-corrected chi connectivity index (χ2v) is 7.63. The van der Waals surface area contributed by atoms with E-state index >= 15 is 0 Å². The summed E-state index contributed by atoms with van der Waals surface area (Å²) in [5.74, 6) is 0.898. The molecule has 0 aliphatic carbocycles. The molecular weight excluding hydrogens is 372 g/mol. The van der Waals surface area contributed by atoms with E-state index in [0.29, 0.717) is 11.6 Å².